The number of aromatic nitrogens is 5. The summed E-state index contributed by atoms with van der Waals surface area (Å²) in [6, 6.07) is 1.85. The summed E-state index contributed by atoms with van der Waals surface area (Å²) in [6.07, 6.45) is 5.85. The van der Waals surface area contributed by atoms with Gasteiger partial charge in [-0.1, -0.05) is 0 Å². The zero-order valence-corrected chi connectivity index (χ0v) is 14.7. The predicted octanol–water partition coefficient (Wildman–Crippen LogP) is 0.821. The highest BCUT2D eigenvalue weighted by Gasteiger charge is 2.27. The summed E-state index contributed by atoms with van der Waals surface area (Å²) >= 11 is 0. The van der Waals surface area contributed by atoms with Gasteiger partial charge in [-0.15, -0.1) is 10.2 Å². The number of rotatable bonds is 4. The summed E-state index contributed by atoms with van der Waals surface area (Å²) in [6.45, 7) is 6.27. The number of hydrogen-bond donors (Lipinski definition) is 0. The van der Waals surface area contributed by atoms with Gasteiger partial charge in [-0.05, 0) is 18.9 Å². The van der Waals surface area contributed by atoms with Gasteiger partial charge in [-0.2, -0.15) is 0 Å². The summed E-state index contributed by atoms with van der Waals surface area (Å²) in [4.78, 5) is 13.4. The maximum absolute atomic E-state index is 5.42. The van der Waals surface area contributed by atoms with E-state index in [1.807, 2.05) is 6.07 Å². The zero-order valence-electron chi connectivity index (χ0n) is 14.7. The quantitative estimate of drug-likeness (QED) is 0.814. The SMILES string of the molecule is Cn1c(CN2CCOCC2)nnc1C1CCCN(c2ncccn2)C1. The van der Waals surface area contributed by atoms with E-state index in [0.717, 1.165) is 76.4 Å². The molecule has 0 bridgehead atoms. The van der Waals surface area contributed by atoms with Crippen LogP contribution in [0.25, 0.3) is 0 Å². The third kappa shape index (κ3) is 3.64. The number of anilines is 1. The summed E-state index contributed by atoms with van der Waals surface area (Å²) in [5.41, 5.74) is 0. The molecule has 0 N–H and O–H groups in total. The molecule has 0 aromatic carbocycles. The smallest absolute Gasteiger partial charge is 0.225 e. The molecule has 0 amide bonds. The Morgan fingerprint density at radius 1 is 1.12 bits per heavy atom. The van der Waals surface area contributed by atoms with E-state index in [1.54, 1.807) is 12.4 Å². The van der Waals surface area contributed by atoms with Crippen LogP contribution in [-0.2, 0) is 18.3 Å². The van der Waals surface area contributed by atoms with Gasteiger partial charge in [0.1, 0.15) is 11.6 Å². The fraction of sp³-hybridized carbons (Fsp3) is 0.647. The highest BCUT2D eigenvalue weighted by atomic mass is 16.5. The Kier molecular flexibility index (Phi) is 4.89. The lowest BCUT2D eigenvalue weighted by atomic mass is 9.97. The van der Waals surface area contributed by atoms with Gasteiger partial charge in [0.2, 0.25) is 5.95 Å². The van der Waals surface area contributed by atoms with Crippen molar-refractivity contribution in [3.8, 4) is 0 Å². The standard InChI is InChI=1S/C17H25N7O/c1-22-15(13-23-8-10-25-11-9-23)20-21-16(22)14-4-2-7-24(12-14)17-18-5-3-6-19-17/h3,5-6,14H,2,4,7-13H2,1H3. The Labute approximate surface area is 147 Å². The summed E-state index contributed by atoms with van der Waals surface area (Å²) in [5, 5.41) is 8.98. The van der Waals surface area contributed by atoms with E-state index in [1.165, 1.54) is 0 Å². The summed E-state index contributed by atoms with van der Waals surface area (Å²) in [5.74, 6) is 3.28. The summed E-state index contributed by atoms with van der Waals surface area (Å²) < 4.78 is 7.60. The van der Waals surface area contributed by atoms with Crippen molar-refractivity contribution in [1.29, 1.82) is 0 Å². The van der Waals surface area contributed by atoms with Crippen molar-refractivity contribution >= 4 is 5.95 Å². The monoisotopic (exact) mass is 343 g/mol. The molecule has 25 heavy (non-hydrogen) atoms. The minimum absolute atomic E-state index is 0.369. The lowest BCUT2D eigenvalue weighted by Crippen LogP contribution is -2.37. The molecule has 2 aromatic rings. The van der Waals surface area contributed by atoms with Crippen LogP contribution in [0.15, 0.2) is 18.5 Å². The second kappa shape index (κ2) is 7.45. The van der Waals surface area contributed by atoms with Gasteiger partial charge in [0.15, 0.2) is 0 Å². The molecule has 8 heteroatoms. The Morgan fingerprint density at radius 3 is 2.72 bits per heavy atom. The minimum Gasteiger partial charge on any atom is -0.379 e. The molecule has 4 rings (SSSR count). The lowest BCUT2D eigenvalue weighted by Gasteiger charge is -2.32. The molecule has 2 fully saturated rings. The molecule has 2 saturated heterocycles. The molecule has 0 spiro atoms. The van der Waals surface area contributed by atoms with Gasteiger partial charge in [-0.3, -0.25) is 4.90 Å². The average Bonchev–Trinajstić information content (AvgIpc) is 3.04. The first kappa shape index (κ1) is 16.4. The van der Waals surface area contributed by atoms with Crippen molar-refractivity contribution in [2.24, 2.45) is 7.05 Å². The molecule has 134 valence electrons. The van der Waals surface area contributed by atoms with Gasteiger partial charge in [0.05, 0.1) is 19.8 Å². The second-order valence-electron chi connectivity index (χ2n) is 6.76. The average molecular weight is 343 g/mol. The number of ether oxygens (including phenoxy) is 1. The van der Waals surface area contributed by atoms with Crippen molar-refractivity contribution in [1.82, 2.24) is 29.6 Å². The van der Waals surface area contributed by atoms with Crippen molar-refractivity contribution in [2.75, 3.05) is 44.3 Å². The molecule has 2 aromatic heterocycles. The van der Waals surface area contributed by atoms with E-state index in [0.29, 0.717) is 5.92 Å². The first-order chi connectivity index (χ1) is 12.3. The first-order valence-corrected chi connectivity index (χ1v) is 9.01. The van der Waals surface area contributed by atoms with Crippen molar-refractivity contribution in [3.63, 3.8) is 0 Å². The van der Waals surface area contributed by atoms with Gasteiger partial charge >= 0.3 is 0 Å². The maximum Gasteiger partial charge on any atom is 0.225 e. The van der Waals surface area contributed by atoms with Crippen molar-refractivity contribution in [2.45, 2.75) is 25.3 Å². The molecule has 0 radical (unpaired) electrons. The Hall–Kier alpha value is -2.06. The van der Waals surface area contributed by atoms with Crippen LogP contribution in [0.5, 0.6) is 0 Å². The van der Waals surface area contributed by atoms with E-state index in [4.69, 9.17) is 4.74 Å². The van der Waals surface area contributed by atoms with Crippen LogP contribution < -0.4 is 4.90 Å². The van der Waals surface area contributed by atoms with Crippen LogP contribution >= 0.6 is 0 Å². The van der Waals surface area contributed by atoms with Crippen LogP contribution in [0.1, 0.15) is 30.4 Å². The third-order valence-electron chi connectivity index (χ3n) is 5.09. The Bertz CT molecular complexity index is 684. The van der Waals surface area contributed by atoms with Crippen LogP contribution in [0.2, 0.25) is 0 Å². The van der Waals surface area contributed by atoms with Gasteiger partial charge in [-0.25, -0.2) is 9.97 Å². The highest BCUT2D eigenvalue weighted by Crippen LogP contribution is 2.27. The normalized spacial score (nSPS) is 22.3. The molecule has 1 unspecified atom stereocenters. The number of nitrogens with zero attached hydrogens (tertiary/aromatic N) is 7. The Balaban J connectivity index is 1.46. The molecule has 0 saturated carbocycles. The van der Waals surface area contributed by atoms with E-state index in [2.05, 4.69) is 41.6 Å². The number of hydrogen-bond acceptors (Lipinski definition) is 7. The van der Waals surface area contributed by atoms with Crippen LogP contribution in [0, 0.1) is 0 Å². The zero-order chi connectivity index (χ0) is 17.1. The maximum atomic E-state index is 5.42. The third-order valence-corrected chi connectivity index (χ3v) is 5.09. The fourth-order valence-electron chi connectivity index (χ4n) is 3.65. The number of piperidine rings is 1. The minimum atomic E-state index is 0.369. The fourth-order valence-corrected chi connectivity index (χ4v) is 3.65. The van der Waals surface area contributed by atoms with Gasteiger partial charge in [0.25, 0.3) is 0 Å². The second-order valence-corrected chi connectivity index (χ2v) is 6.76. The molecule has 2 aliphatic rings. The molecule has 8 nitrogen and oxygen atoms in total. The highest BCUT2D eigenvalue weighted by molar-refractivity contribution is 5.30. The van der Waals surface area contributed by atoms with E-state index in [-0.39, 0.29) is 0 Å². The van der Waals surface area contributed by atoms with E-state index in [9.17, 15) is 0 Å². The predicted molar refractivity (Wildman–Crippen MR) is 93.3 cm³/mol. The van der Waals surface area contributed by atoms with Crippen molar-refractivity contribution < 1.29 is 4.74 Å². The molecule has 2 aliphatic heterocycles. The topological polar surface area (TPSA) is 72.2 Å². The Morgan fingerprint density at radius 2 is 1.92 bits per heavy atom. The summed E-state index contributed by atoms with van der Waals surface area (Å²) in [7, 11) is 2.09. The number of morpholine rings is 1. The molecule has 4 heterocycles. The van der Waals surface area contributed by atoms with Crippen molar-refractivity contribution in [3.05, 3.63) is 30.1 Å². The van der Waals surface area contributed by atoms with Crippen LogP contribution in [0.3, 0.4) is 0 Å². The lowest BCUT2D eigenvalue weighted by molar-refractivity contribution is 0.0326. The van der Waals surface area contributed by atoms with E-state index < -0.39 is 0 Å². The van der Waals surface area contributed by atoms with Crippen LogP contribution in [0.4, 0.5) is 5.95 Å². The molecule has 1 atom stereocenters. The first-order valence-electron chi connectivity index (χ1n) is 9.01. The molecular formula is C17H25N7O. The largest absolute Gasteiger partial charge is 0.379 e. The van der Waals surface area contributed by atoms with E-state index >= 15 is 0 Å². The van der Waals surface area contributed by atoms with Crippen LogP contribution in [-0.4, -0.2) is 69.0 Å². The van der Waals surface area contributed by atoms with Gasteiger partial charge < -0.3 is 14.2 Å². The van der Waals surface area contributed by atoms with Gasteiger partial charge in [0, 0.05) is 51.5 Å². The molecular weight excluding hydrogens is 318 g/mol. The molecule has 0 aliphatic carbocycles.